The van der Waals surface area contributed by atoms with Crippen LogP contribution in [0, 0.1) is 0 Å². The molecule has 2 aromatic rings. The molecule has 0 amide bonds. The second-order valence-electron chi connectivity index (χ2n) is 4.10. The Bertz CT molecular complexity index is 648. The van der Waals surface area contributed by atoms with Crippen molar-refractivity contribution in [1.82, 2.24) is 0 Å². The minimum Gasteiger partial charge on any atom is -0.289 e. The van der Waals surface area contributed by atoms with Crippen LogP contribution < -0.4 is 0 Å². The molecule has 0 saturated carbocycles. The Morgan fingerprint density at radius 3 is 2.65 bits per heavy atom. The van der Waals surface area contributed by atoms with E-state index in [2.05, 4.69) is 0 Å². The van der Waals surface area contributed by atoms with Crippen molar-refractivity contribution in [1.29, 1.82) is 0 Å². The maximum atomic E-state index is 11.5. The molecule has 1 radical (unpaired) electrons. The maximum Gasteiger partial charge on any atom is 0.273 e. The molecule has 2 nitrogen and oxygen atoms in total. The summed E-state index contributed by atoms with van der Waals surface area (Å²) in [6, 6.07) is 11.8. The van der Waals surface area contributed by atoms with E-state index in [1.54, 1.807) is 6.08 Å². The molecule has 0 aliphatic heterocycles. The minimum atomic E-state index is -0.511. The van der Waals surface area contributed by atoms with Crippen LogP contribution in [0.3, 0.4) is 0 Å². The van der Waals surface area contributed by atoms with Gasteiger partial charge in [0.05, 0.1) is 5.92 Å². The lowest BCUT2D eigenvalue weighted by molar-refractivity contribution is -0.113. The smallest absolute Gasteiger partial charge is 0.273 e. The van der Waals surface area contributed by atoms with E-state index in [1.807, 2.05) is 42.5 Å². The van der Waals surface area contributed by atoms with E-state index in [1.165, 1.54) is 6.29 Å². The number of benzene rings is 2. The predicted octanol–water partition coefficient (Wildman–Crippen LogP) is 2.63. The van der Waals surface area contributed by atoms with Crippen molar-refractivity contribution in [2.45, 2.75) is 5.92 Å². The van der Waals surface area contributed by atoms with Crippen LogP contribution in [0.2, 0.25) is 0 Å². The first-order chi connectivity index (χ1) is 8.31. The van der Waals surface area contributed by atoms with Crippen molar-refractivity contribution >= 4 is 28.9 Å². The fourth-order valence-electron chi connectivity index (χ4n) is 2.39. The van der Waals surface area contributed by atoms with Gasteiger partial charge in [0, 0.05) is 0 Å². The zero-order chi connectivity index (χ0) is 11.8. The number of hydrogen-bond donors (Lipinski definition) is 0. The number of ketones is 1. The SMILES string of the molecule is O=[C]C(=O)C1C=Cc2cccc3cccc1c23. The van der Waals surface area contributed by atoms with Crippen LogP contribution in [0.1, 0.15) is 17.0 Å². The van der Waals surface area contributed by atoms with E-state index in [-0.39, 0.29) is 0 Å². The summed E-state index contributed by atoms with van der Waals surface area (Å²) in [5, 5.41) is 2.15. The summed E-state index contributed by atoms with van der Waals surface area (Å²) in [6.07, 6.45) is 5.13. The number of carbonyl (C=O) groups is 1. The monoisotopic (exact) mass is 221 g/mol. The summed E-state index contributed by atoms with van der Waals surface area (Å²) in [5.41, 5.74) is 1.99. The maximum absolute atomic E-state index is 11.5. The third kappa shape index (κ3) is 1.41. The fraction of sp³-hybridized carbons (Fsp3) is 0.0667. The highest BCUT2D eigenvalue weighted by atomic mass is 16.2. The summed E-state index contributed by atoms with van der Waals surface area (Å²) >= 11 is 0. The van der Waals surface area contributed by atoms with Gasteiger partial charge in [-0.05, 0) is 21.9 Å². The van der Waals surface area contributed by atoms with Gasteiger partial charge in [0.15, 0.2) is 0 Å². The van der Waals surface area contributed by atoms with Gasteiger partial charge in [0.2, 0.25) is 5.78 Å². The van der Waals surface area contributed by atoms with Crippen molar-refractivity contribution in [3.05, 3.63) is 53.6 Å². The van der Waals surface area contributed by atoms with Gasteiger partial charge < -0.3 is 0 Å². The van der Waals surface area contributed by atoms with Crippen LogP contribution in [0.25, 0.3) is 16.8 Å². The van der Waals surface area contributed by atoms with E-state index >= 15 is 0 Å². The second kappa shape index (κ2) is 3.67. The van der Waals surface area contributed by atoms with Crippen molar-refractivity contribution in [3.63, 3.8) is 0 Å². The summed E-state index contributed by atoms with van der Waals surface area (Å²) in [4.78, 5) is 22.1. The van der Waals surface area contributed by atoms with Gasteiger partial charge in [0.1, 0.15) is 0 Å². The first-order valence-electron chi connectivity index (χ1n) is 5.43. The van der Waals surface area contributed by atoms with Gasteiger partial charge in [0.25, 0.3) is 6.29 Å². The zero-order valence-corrected chi connectivity index (χ0v) is 9.01. The Hall–Kier alpha value is -2.22. The number of carbonyl (C=O) groups excluding carboxylic acids is 2. The van der Waals surface area contributed by atoms with Gasteiger partial charge in [-0.25, -0.2) is 0 Å². The Balaban J connectivity index is 2.34. The predicted molar refractivity (Wildman–Crippen MR) is 66.4 cm³/mol. The van der Waals surface area contributed by atoms with Crippen LogP contribution in [0.15, 0.2) is 42.5 Å². The molecule has 0 aromatic heterocycles. The molecular weight excluding hydrogens is 212 g/mol. The Morgan fingerprint density at radius 1 is 1.12 bits per heavy atom. The molecule has 2 heteroatoms. The second-order valence-corrected chi connectivity index (χ2v) is 4.10. The van der Waals surface area contributed by atoms with Gasteiger partial charge in [-0.2, -0.15) is 0 Å². The number of rotatable bonds is 2. The number of Topliss-reactive ketones (excluding diaryl/α,β-unsaturated/α-hetero) is 1. The largest absolute Gasteiger partial charge is 0.289 e. The highest BCUT2D eigenvalue weighted by molar-refractivity contribution is 6.29. The molecule has 0 fully saturated rings. The minimum absolute atomic E-state index is 0.480. The first kappa shape index (κ1) is 9.97. The topological polar surface area (TPSA) is 34.1 Å². The van der Waals surface area contributed by atoms with Crippen LogP contribution in [0.4, 0.5) is 0 Å². The number of allylic oxidation sites excluding steroid dienone is 1. The Kier molecular flexibility index (Phi) is 2.15. The van der Waals surface area contributed by atoms with Crippen molar-refractivity contribution < 1.29 is 9.59 Å². The normalized spacial score (nSPS) is 17.1. The third-order valence-electron chi connectivity index (χ3n) is 3.16. The molecule has 0 saturated heterocycles. The summed E-state index contributed by atoms with van der Waals surface area (Å²) < 4.78 is 0. The molecule has 81 valence electrons. The Morgan fingerprint density at radius 2 is 1.88 bits per heavy atom. The van der Waals surface area contributed by atoms with Crippen molar-refractivity contribution in [2.24, 2.45) is 0 Å². The lowest BCUT2D eigenvalue weighted by Crippen LogP contribution is -2.13. The lowest BCUT2D eigenvalue weighted by atomic mass is 9.84. The summed E-state index contributed by atoms with van der Waals surface area (Å²) in [6.45, 7) is 0. The molecule has 1 aliphatic carbocycles. The molecule has 17 heavy (non-hydrogen) atoms. The highest BCUT2D eigenvalue weighted by Gasteiger charge is 2.23. The van der Waals surface area contributed by atoms with E-state index < -0.39 is 11.7 Å². The summed E-state index contributed by atoms with van der Waals surface area (Å²) in [7, 11) is 0. The third-order valence-corrected chi connectivity index (χ3v) is 3.16. The van der Waals surface area contributed by atoms with Crippen molar-refractivity contribution in [3.8, 4) is 0 Å². The molecule has 2 aromatic carbocycles. The molecule has 3 rings (SSSR count). The van der Waals surface area contributed by atoms with E-state index in [0.717, 1.165) is 21.9 Å². The average molecular weight is 221 g/mol. The van der Waals surface area contributed by atoms with Crippen LogP contribution in [0.5, 0.6) is 0 Å². The van der Waals surface area contributed by atoms with Gasteiger partial charge in [-0.15, -0.1) is 0 Å². The summed E-state index contributed by atoms with van der Waals surface area (Å²) in [5.74, 6) is -0.991. The van der Waals surface area contributed by atoms with Gasteiger partial charge >= 0.3 is 0 Å². The molecule has 0 heterocycles. The zero-order valence-electron chi connectivity index (χ0n) is 9.01. The van der Waals surface area contributed by atoms with Crippen molar-refractivity contribution in [2.75, 3.05) is 0 Å². The lowest BCUT2D eigenvalue weighted by Gasteiger charge is -2.18. The molecule has 0 N–H and O–H groups in total. The Labute approximate surface area is 98.6 Å². The van der Waals surface area contributed by atoms with E-state index in [4.69, 9.17) is 0 Å². The average Bonchev–Trinajstić information content (AvgIpc) is 2.39. The molecule has 1 aliphatic rings. The standard InChI is InChI=1S/C15H9O2/c16-9-14(17)12-8-7-11-4-1-3-10-5-2-6-13(12)15(10)11/h1-8,12H. The van der Waals surface area contributed by atoms with E-state index in [9.17, 15) is 9.59 Å². The van der Waals surface area contributed by atoms with E-state index in [0.29, 0.717) is 0 Å². The van der Waals surface area contributed by atoms with Gasteiger partial charge in [-0.3, -0.25) is 9.59 Å². The number of hydrogen-bond acceptors (Lipinski definition) is 2. The van der Waals surface area contributed by atoms with Gasteiger partial charge in [-0.1, -0.05) is 48.6 Å². The highest BCUT2D eigenvalue weighted by Crippen LogP contribution is 2.34. The molecule has 0 bridgehead atoms. The molecular formula is C15H9O2. The molecule has 1 unspecified atom stereocenters. The van der Waals surface area contributed by atoms with Crippen LogP contribution >= 0.6 is 0 Å². The van der Waals surface area contributed by atoms with Crippen LogP contribution in [-0.4, -0.2) is 12.1 Å². The quantitative estimate of drug-likeness (QED) is 0.730. The fourth-order valence-corrected chi connectivity index (χ4v) is 2.39. The van der Waals surface area contributed by atoms with Crippen LogP contribution in [-0.2, 0) is 9.59 Å². The molecule has 1 atom stereocenters. The molecule has 0 spiro atoms. The first-order valence-corrected chi connectivity index (χ1v) is 5.43.